The zero-order valence-electron chi connectivity index (χ0n) is 11.6. The molecule has 0 atom stereocenters. The van der Waals surface area contributed by atoms with Gasteiger partial charge in [-0.2, -0.15) is 0 Å². The lowest BCUT2D eigenvalue weighted by Gasteiger charge is -2.15. The van der Waals surface area contributed by atoms with E-state index >= 15 is 0 Å². The molecule has 1 aromatic rings. The zero-order chi connectivity index (χ0) is 16.0. The van der Waals surface area contributed by atoms with Crippen molar-refractivity contribution in [1.82, 2.24) is 10.2 Å². The summed E-state index contributed by atoms with van der Waals surface area (Å²) in [5, 5.41) is 13.9. The summed E-state index contributed by atoms with van der Waals surface area (Å²) in [7, 11) is 1.62. The van der Waals surface area contributed by atoms with E-state index in [1.54, 1.807) is 19.2 Å². The van der Waals surface area contributed by atoms with Gasteiger partial charge in [-0.15, -0.1) is 0 Å². The Morgan fingerprint density at radius 1 is 1.33 bits per heavy atom. The molecule has 21 heavy (non-hydrogen) atoms. The number of benzene rings is 1. The van der Waals surface area contributed by atoms with Crippen LogP contribution in [0.4, 0.5) is 10.5 Å². The van der Waals surface area contributed by atoms with Gasteiger partial charge in [-0.3, -0.25) is 4.79 Å². The van der Waals surface area contributed by atoms with Gasteiger partial charge in [-0.05, 0) is 35.0 Å². The van der Waals surface area contributed by atoms with E-state index < -0.39 is 12.0 Å². The van der Waals surface area contributed by atoms with Crippen LogP contribution in [0, 0.1) is 0 Å². The number of carboxylic acids is 1. The first-order valence-corrected chi connectivity index (χ1v) is 6.96. The van der Waals surface area contributed by atoms with Crippen molar-refractivity contribution in [2.24, 2.45) is 0 Å². The van der Waals surface area contributed by atoms with Gasteiger partial charge in [0.05, 0.1) is 17.8 Å². The highest BCUT2D eigenvalue weighted by Crippen LogP contribution is 2.26. The van der Waals surface area contributed by atoms with Crippen molar-refractivity contribution >= 4 is 39.5 Å². The summed E-state index contributed by atoms with van der Waals surface area (Å²) in [6.45, 7) is 2.19. The highest BCUT2D eigenvalue weighted by molar-refractivity contribution is 9.10. The number of nitrogens with one attached hydrogen (secondary N) is 2. The molecule has 114 valence electrons. The van der Waals surface area contributed by atoms with Crippen LogP contribution in [-0.4, -0.2) is 48.1 Å². The Bertz CT molecular complexity index is 562. The second kappa shape index (κ2) is 7.63. The van der Waals surface area contributed by atoms with Crippen molar-refractivity contribution in [3.05, 3.63) is 28.2 Å². The fourth-order valence-corrected chi connectivity index (χ4v) is 1.92. The van der Waals surface area contributed by atoms with Crippen molar-refractivity contribution in [1.29, 1.82) is 0 Å². The summed E-state index contributed by atoms with van der Waals surface area (Å²) in [4.78, 5) is 35.9. The first-order chi connectivity index (χ1) is 9.86. The van der Waals surface area contributed by atoms with Gasteiger partial charge in [0.1, 0.15) is 0 Å². The molecule has 0 heterocycles. The molecule has 0 fully saturated rings. The molecular weight excluding hydrogens is 342 g/mol. The predicted molar refractivity (Wildman–Crippen MR) is 81.4 cm³/mol. The van der Waals surface area contributed by atoms with Gasteiger partial charge < -0.3 is 20.6 Å². The van der Waals surface area contributed by atoms with Gasteiger partial charge in [0.2, 0.25) is 5.91 Å². The average Bonchev–Trinajstić information content (AvgIpc) is 2.45. The third-order valence-electron chi connectivity index (χ3n) is 2.78. The first-order valence-electron chi connectivity index (χ1n) is 6.17. The molecule has 3 amide bonds. The lowest BCUT2D eigenvalue weighted by Crippen LogP contribution is -2.39. The SMILES string of the molecule is CCN(C)C(=O)CNC(=O)Nc1c(Br)cccc1C(=O)O. The number of aromatic carboxylic acids is 1. The minimum atomic E-state index is -1.16. The van der Waals surface area contributed by atoms with Gasteiger partial charge in [0, 0.05) is 18.1 Å². The number of para-hydroxylation sites is 1. The Labute approximate surface area is 130 Å². The number of hydrogen-bond acceptors (Lipinski definition) is 3. The molecule has 0 unspecified atom stereocenters. The molecule has 1 aromatic carbocycles. The molecule has 0 aliphatic heterocycles. The third kappa shape index (κ3) is 4.75. The quantitative estimate of drug-likeness (QED) is 0.747. The summed E-state index contributed by atoms with van der Waals surface area (Å²) in [5.74, 6) is -1.40. The molecule has 0 radical (unpaired) electrons. The smallest absolute Gasteiger partial charge is 0.337 e. The van der Waals surface area contributed by atoms with E-state index in [9.17, 15) is 14.4 Å². The zero-order valence-corrected chi connectivity index (χ0v) is 13.2. The molecule has 0 saturated carbocycles. The maximum absolute atomic E-state index is 11.7. The van der Waals surface area contributed by atoms with Gasteiger partial charge >= 0.3 is 12.0 Å². The molecule has 0 spiro atoms. The van der Waals surface area contributed by atoms with Crippen molar-refractivity contribution < 1.29 is 19.5 Å². The van der Waals surface area contributed by atoms with Crippen LogP contribution in [0.15, 0.2) is 22.7 Å². The third-order valence-corrected chi connectivity index (χ3v) is 3.44. The largest absolute Gasteiger partial charge is 0.478 e. The van der Waals surface area contributed by atoms with Crippen LogP contribution >= 0.6 is 15.9 Å². The monoisotopic (exact) mass is 357 g/mol. The summed E-state index contributed by atoms with van der Waals surface area (Å²) in [6, 6.07) is 3.88. The Morgan fingerprint density at radius 3 is 2.57 bits per heavy atom. The van der Waals surface area contributed by atoms with E-state index in [2.05, 4.69) is 26.6 Å². The minimum absolute atomic E-state index is 0.0449. The van der Waals surface area contributed by atoms with Crippen LogP contribution in [0.1, 0.15) is 17.3 Å². The summed E-state index contributed by atoms with van der Waals surface area (Å²) >= 11 is 3.18. The number of anilines is 1. The standard InChI is InChI=1S/C13H16BrN3O4/c1-3-17(2)10(18)7-15-13(21)16-11-8(12(19)20)5-4-6-9(11)14/h4-6H,3,7H2,1-2H3,(H,19,20)(H2,15,16,21). The molecule has 0 aliphatic carbocycles. The Kier molecular flexibility index (Phi) is 6.16. The van der Waals surface area contributed by atoms with Crippen LogP contribution in [0.5, 0.6) is 0 Å². The topological polar surface area (TPSA) is 98.7 Å². The van der Waals surface area contributed by atoms with Crippen LogP contribution in [0.3, 0.4) is 0 Å². The Morgan fingerprint density at radius 2 is 2.00 bits per heavy atom. The van der Waals surface area contributed by atoms with E-state index in [0.29, 0.717) is 11.0 Å². The fraction of sp³-hybridized carbons (Fsp3) is 0.308. The number of urea groups is 1. The number of rotatable bonds is 5. The van der Waals surface area contributed by atoms with Crippen molar-refractivity contribution in [2.75, 3.05) is 25.5 Å². The number of hydrogen-bond donors (Lipinski definition) is 3. The van der Waals surface area contributed by atoms with E-state index in [-0.39, 0.29) is 23.7 Å². The first kappa shape index (κ1) is 17.0. The number of nitrogens with zero attached hydrogens (tertiary/aromatic N) is 1. The number of carbonyl (C=O) groups excluding carboxylic acids is 2. The maximum Gasteiger partial charge on any atom is 0.337 e. The van der Waals surface area contributed by atoms with E-state index in [1.807, 2.05) is 6.92 Å². The highest BCUT2D eigenvalue weighted by Gasteiger charge is 2.16. The van der Waals surface area contributed by atoms with Crippen molar-refractivity contribution in [3.63, 3.8) is 0 Å². The predicted octanol–water partition coefficient (Wildman–Crippen LogP) is 1.75. The van der Waals surface area contributed by atoms with E-state index in [4.69, 9.17) is 5.11 Å². The minimum Gasteiger partial charge on any atom is -0.478 e. The molecule has 8 heteroatoms. The molecule has 0 bridgehead atoms. The molecular formula is C13H16BrN3O4. The van der Waals surface area contributed by atoms with Crippen LogP contribution < -0.4 is 10.6 Å². The molecule has 0 saturated heterocycles. The molecule has 3 N–H and O–H groups in total. The normalized spacial score (nSPS) is 9.86. The molecule has 0 aromatic heterocycles. The van der Waals surface area contributed by atoms with Gasteiger partial charge in [-0.25, -0.2) is 9.59 Å². The lowest BCUT2D eigenvalue weighted by molar-refractivity contribution is -0.128. The number of halogens is 1. The van der Waals surface area contributed by atoms with Gasteiger partial charge in [0.15, 0.2) is 0 Å². The molecule has 0 aliphatic rings. The highest BCUT2D eigenvalue weighted by atomic mass is 79.9. The van der Waals surface area contributed by atoms with Gasteiger partial charge in [0.25, 0.3) is 0 Å². The van der Waals surface area contributed by atoms with Crippen LogP contribution in [-0.2, 0) is 4.79 Å². The second-order valence-electron chi connectivity index (χ2n) is 4.18. The molecule has 1 rings (SSSR count). The number of carbonyl (C=O) groups is 3. The summed E-state index contributed by atoms with van der Waals surface area (Å²) < 4.78 is 0.439. The second-order valence-corrected chi connectivity index (χ2v) is 5.04. The van der Waals surface area contributed by atoms with E-state index in [0.717, 1.165) is 0 Å². The number of amides is 3. The Balaban J connectivity index is 2.72. The average molecular weight is 358 g/mol. The number of carboxylic acid groups (broad SMARTS) is 1. The summed E-state index contributed by atoms with van der Waals surface area (Å²) in [6.07, 6.45) is 0. The Hall–Kier alpha value is -2.09. The van der Waals surface area contributed by atoms with Crippen LogP contribution in [0.25, 0.3) is 0 Å². The fourth-order valence-electron chi connectivity index (χ4n) is 1.45. The maximum atomic E-state index is 11.7. The molecule has 7 nitrogen and oxygen atoms in total. The van der Waals surface area contributed by atoms with E-state index in [1.165, 1.54) is 11.0 Å². The van der Waals surface area contributed by atoms with Gasteiger partial charge in [-0.1, -0.05) is 6.07 Å². The lowest BCUT2D eigenvalue weighted by atomic mass is 10.2. The van der Waals surface area contributed by atoms with Crippen molar-refractivity contribution in [2.45, 2.75) is 6.92 Å². The van der Waals surface area contributed by atoms with Crippen molar-refractivity contribution in [3.8, 4) is 0 Å². The summed E-state index contributed by atoms with van der Waals surface area (Å²) in [5.41, 5.74) is 0.0929. The van der Waals surface area contributed by atoms with Crippen LogP contribution in [0.2, 0.25) is 0 Å². The number of likely N-dealkylation sites (N-methyl/N-ethyl adjacent to an activating group) is 1.